The zero-order chi connectivity index (χ0) is 18.0. The maximum Gasteiger partial charge on any atom is 0.253 e. The number of benzene rings is 1. The van der Waals surface area contributed by atoms with Crippen LogP contribution in [0.3, 0.4) is 0 Å². The number of amides is 1. The van der Waals surface area contributed by atoms with Crippen molar-refractivity contribution in [3.8, 4) is 0 Å². The van der Waals surface area contributed by atoms with Gasteiger partial charge < -0.3 is 9.80 Å². The molecular weight excluding hydrogens is 310 g/mol. The molecule has 1 amide bonds. The Morgan fingerprint density at radius 1 is 1.04 bits per heavy atom. The molecule has 0 aliphatic carbocycles. The molecule has 3 rings (SSSR count). The van der Waals surface area contributed by atoms with Gasteiger partial charge in [0, 0.05) is 37.3 Å². The number of nitrogens with zero attached hydrogens (tertiary/aromatic N) is 3. The number of carbonyl (C=O) groups excluding carboxylic acids is 1. The van der Waals surface area contributed by atoms with Crippen LogP contribution in [0.2, 0.25) is 0 Å². The molecule has 0 radical (unpaired) electrons. The largest absolute Gasteiger partial charge is 0.339 e. The van der Waals surface area contributed by atoms with Crippen molar-refractivity contribution >= 4 is 5.91 Å². The fraction of sp³-hybridized carbons (Fsp3) is 0.667. The Morgan fingerprint density at radius 3 is 2.28 bits per heavy atom. The highest BCUT2D eigenvalue weighted by Gasteiger charge is 2.43. The molecule has 0 unspecified atom stereocenters. The Morgan fingerprint density at radius 2 is 1.68 bits per heavy atom. The smallest absolute Gasteiger partial charge is 0.253 e. The molecule has 2 saturated heterocycles. The minimum absolute atomic E-state index is 0.208. The number of likely N-dealkylation sites (tertiary alicyclic amines) is 2. The van der Waals surface area contributed by atoms with Gasteiger partial charge >= 0.3 is 0 Å². The number of likely N-dealkylation sites (N-methyl/N-ethyl adjacent to an activating group) is 1. The highest BCUT2D eigenvalue weighted by atomic mass is 16.2. The van der Waals surface area contributed by atoms with Crippen LogP contribution in [0.1, 0.15) is 47.2 Å². The second-order valence-corrected chi connectivity index (χ2v) is 8.29. The predicted octanol–water partition coefficient (Wildman–Crippen LogP) is 2.94. The van der Waals surface area contributed by atoms with Gasteiger partial charge in [0.05, 0.1) is 0 Å². The number of hydrogen-bond acceptors (Lipinski definition) is 3. The lowest BCUT2D eigenvalue weighted by molar-refractivity contribution is 0.0393. The summed E-state index contributed by atoms with van der Waals surface area (Å²) in [5, 5.41) is 0. The van der Waals surface area contributed by atoms with Gasteiger partial charge in [0.15, 0.2) is 0 Å². The van der Waals surface area contributed by atoms with E-state index in [2.05, 4.69) is 48.7 Å². The summed E-state index contributed by atoms with van der Waals surface area (Å²) in [6.07, 6.45) is 4.85. The van der Waals surface area contributed by atoms with Crippen LogP contribution < -0.4 is 0 Å². The molecule has 2 aliphatic heterocycles. The molecule has 0 bridgehead atoms. The van der Waals surface area contributed by atoms with Gasteiger partial charge in [0.1, 0.15) is 0 Å². The Kier molecular flexibility index (Phi) is 5.49. The van der Waals surface area contributed by atoms with E-state index in [1.165, 1.54) is 30.5 Å². The van der Waals surface area contributed by atoms with Crippen LogP contribution in [0.5, 0.6) is 0 Å². The van der Waals surface area contributed by atoms with E-state index in [4.69, 9.17) is 0 Å². The first-order valence-corrected chi connectivity index (χ1v) is 9.67. The molecular formula is C21H33N3O. The SMILES string of the molecule is Cc1cc(C)cc(C(=O)N2CCC3(CCCN3CCN(C)C)CC2)c1. The number of aryl methyl sites for hydroxylation is 2. The van der Waals surface area contributed by atoms with Crippen LogP contribution in [0.15, 0.2) is 18.2 Å². The quantitative estimate of drug-likeness (QED) is 0.841. The first kappa shape index (κ1) is 18.4. The lowest BCUT2D eigenvalue weighted by Crippen LogP contribution is -2.54. The topological polar surface area (TPSA) is 26.8 Å². The molecule has 4 heteroatoms. The molecule has 2 aliphatic rings. The molecule has 138 valence electrons. The van der Waals surface area contributed by atoms with Crippen molar-refractivity contribution in [2.75, 3.05) is 46.8 Å². The van der Waals surface area contributed by atoms with Gasteiger partial charge in [-0.15, -0.1) is 0 Å². The van der Waals surface area contributed by atoms with E-state index >= 15 is 0 Å². The average Bonchev–Trinajstić information content (AvgIpc) is 2.94. The molecule has 0 atom stereocenters. The molecule has 4 nitrogen and oxygen atoms in total. The van der Waals surface area contributed by atoms with Crippen molar-refractivity contribution in [3.05, 3.63) is 34.9 Å². The summed E-state index contributed by atoms with van der Waals surface area (Å²) in [6.45, 7) is 9.41. The zero-order valence-electron chi connectivity index (χ0n) is 16.3. The number of piperidine rings is 1. The minimum Gasteiger partial charge on any atom is -0.339 e. The molecule has 2 heterocycles. The van der Waals surface area contributed by atoms with Crippen LogP contribution in [-0.4, -0.2) is 73.0 Å². The second-order valence-electron chi connectivity index (χ2n) is 8.29. The summed E-state index contributed by atoms with van der Waals surface area (Å²) in [5.41, 5.74) is 3.53. The van der Waals surface area contributed by atoms with Crippen molar-refractivity contribution in [2.24, 2.45) is 0 Å². The third-order valence-corrected chi connectivity index (χ3v) is 6.01. The third kappa shape index (κ3) is 4.06. The Labute approximate surface area is 152 Å². The van der Waals surface area contributed by atoms with E-state index in [1.807, 2.05) is 12.1 Å². The Balaban J connectivity index is 1.63. The first-order chi connectivity index (χ1) is 11.9. The lowest BCUT2D eigenvalue weighted by atomic mass is 9.84. The van der Waals surface area contributed by atoms with E-state index < -0.39 is 0 Å². The second kappa shape index (κ2) is 7.46. The van der Waals surface area contributed by atoms with E-state index in [0.717, 1.165) is 44.6 Å². The van der Waals surface area contributed by atoms with E-state index in [-0.39, 0.29) is 5.91 Å². The van der Waals surface area contributed by atoms with Crippen LogP contribution >= 0.6 is 0 Å². The molecule has 0 aromatic heterocycles. The normalized spacial score (nSPS) is 20.6. The summed E-state index contributed by atoms with van der Waals surface area (Å²) in [6, 6.07) is 6.18. The summed E-state index contributed by atoms with van der Waals surface area (Å²) < 4.78 is 0. The van der Waals surface area contributed by atoms with Gasteiger partial charge in [-0.3, -0.25) is 9.69 Å². The predicted molar refractivity (Wildman–Crippen MR) is 103 cm³/mol. The van der Waals surface area contributed by atoms with Crippen LogP contribution in [0, 0.1) is 13.8 Å². The minimum atomic E-state index is 0.208. The van der Waals surface area contributed by atoms with Gasteiger partial charge in [0.2, 0.25) is 0 Å². The molecule has 1 aromatic carbocycles. The van der Waals surface area contributed by atoms with Crippen molar-refractivity contribution in [3.63, 3.8) is 0 Å². The highest BCUT2D eigenvalue weighted by molar-refractivity contribution is 5.94. The molecule has 25 heavy (non-hydrogen) atoms. The van der Waals surface area contributed by atoms with Crippen molar-refractivity contribution < 1.29 is 4.79 Å². The monoisotopic (exact) mass is 343 g/mol. The van der Waals surface area contributed by atoms with Gasteiger partial charge in [-0.1, -0.05) is 17.2 Å². The van der Waals surface area contributed by atoms with Crippen molar-refractivity contribution in [2.45, 2.75) is 45.1 Å². The van der Waals surface area contributed by atoms with Crippen LogP contribution in [-0.2, 0) is 0 Å². The third-order valence-electron chi connectivity index (χ3n) is 6.01. The van der Waals surface area contributed by atoms with E-state index in [1.54, 1.807) is 0 Å². The molecule has 0 N–H and O–H groups in total. The number of hydrogen-bond donors (Lipinski definition) is 0. The Hall–Kier alpha value is -1.39. The number of carbonyl (C=O) groups is 1. The average molecular weight is 344 g/mol. The molecule has 1 aromatic rings. The maximum absolute atomic E-state index is 12.9. The standard InChI is InChI=1S/C21H33N3O/c1-17-14-18(2)16-19(15-17)20(25)23-10-7-21(8-11-23)6-5-9-24(21)13-12-22(3)4/h14-16H,5-13H2,1-4H3. The maximum atomic E-state index is 12.9. The summed E-state index contributed by atoms with van der Waals surface area (Å²) >= 11 is 0. The summed E-state index contributed by atoms with van der Waals surface area (Å²) in [4.78, 5) is 19.9. The lowest BCUT2D eigenvalue weighted by Gasteiger charge is -2.45. The zero-order valence-corrected chi connectivity index (χ0v) is 16.3. The highest BCUT2D eigenvalue weighted by Crippen LogP contribution is 2.38. The van der Waals surface area contributed by atoms with Crippen molar-refractivity contribution in [1.29, 1.82) is 0 Å². The van der Waals surface area contributed by atoms with Gasteiger partial charge in [0.25, 0.3) is 5.91 Å². The first-order valence-electron chi connectivity index (χ1n) is 9.67. The fourth-order valence-electron chi connectivity index (χ4n) is 4.64. The van der Waals surface area contributed by atoms with Gasteiger partial charge in [-0.05, 0) is 72.3 Å². The fourth-order valence-corrected chi connectivity index (χ4v) is 4.64. The molecule has 0 saturated carbocycles. The summed E-state index contributed by atoms with van der Waals surface area (Å²) in [5.74, 6) is 0.208. The van der Waals surface area contributed by atoms with E-state index in [0.29, 0.717) is 5.54 Å². The van der Waals surface area contributed by atoms with Gasteiger partial charge in [-0.2, -0.15) is 0 Å². The molecule has 2 fully saturated rings. The van der Waals surface area contributed by atoms with Gasteiger partial charge in [-0.25, -0.2) is 0 Å². The number of rotatable bonds is 4. The Bertz CT molecular complexity index is 597. The van der Waals surface area contributed by atoms with Crippen LogP contribution in [0.4, 0.5) is 0 Å². The molecule has 1 spiro atoms. The van der Waals surface area contributed by atoms with Crippen LogP contribution in [0.25, 0.3) is 0 Å². The van der Waals surface area contributed by atoms with E-state index in [9.17, 15) is 4.79 Å². The van der Waals surface area contributed by atoms with Crippen molar-refractivity contribution in [1.82, 2.24) is 14.7 Å². The summed E-state index contributed by atoms with van der Waals surface area (Å²) in [7, 11) is 4.29.